The number of halogens is 3. The number of hydrogen-bond donors (Lipinski definition) is 0. The molecule has 2 aliphatic rings. The Labute approximate surface area is 213 Å². The molecule has 1 nitrogen and oxygen atoms in total. The second-order valence-corrected chi connectivity index (χ2v) is 10.2. The number of allylic oxidation sites excluding steroid dienone is 2. The molecule has 4 heteroatoms. The molecule has 0 aliphatic heterocycles. The first-order valence-corrected chi connectivity index (χ1v) is 13.1. The Morgan fingerprint density at radius 2 is 1.78 bits per heavy atom. The topological polar surface area (TPSA) is 9.23 Å². The number of benzene rings is 2. The third kappa shape index (κ3) is 6.25. The largest absolute Gasteiger partial charge is 0.486 e. The molecule has 4 rings (SSSR count). The summed E-state index contributed by atoms with van der Waals surface area (Å²) in [7, 11) is 0. The highest BCUT2D eigenvalue weighted by Gasteiger charge is 2.36. The van der Waals surface area contributed by atoms with Crippen LogP contribution in [0.2, 0.25) is 0 Å². The lowest BCUT2D eigenvalue weighted by Crippen LogP contribution is -2.30. The molecule has 2 saturated carbocycles. The van der Waals surface area contributed by atoms with Gasteiger partial charge in [0.2, 0.25) is 5.82 Å². The lowest BCUT2D eigenvalue weighted by atomic mass is 9.63. The van der Waals surface area contributed by atoms with Crippen molar-refractivity contribution in [3.8, 4) is 17.6 Å². The van der Waals surface area contributed by atoms with Gasteiger partial charge in [0, 0.05) is 5.56 Å². The van der Waals surface area contributed by atoms with E-state index in [2.05, 4.69) is 37.5 Å². The van der Waals surface area contributed by atoms with E-state index < -0.39 is 11.6 Å². The van der Waals surface area contributed by atoms with Crippen LogP contribution in [-0.4, -0.2) is 6.61 Å². The molecular weight excluding hydrogens is 457 g/mol. The van der Waals surface area contributed by atoms with Gasteiger partial charge in [0.25, 0.3) is 0 Å². The van der Waals surface area contributed by atoms with Crippen LogP contribution >= 0.6 is 0 Å². The molecule has 2 aromatic carbocycles. The minimum Gasteiger partial charge on any atom is -0.486 e. The Balaban J connectivity index is 1.40. The predicted molar refractivity (Wildman–Crippen MR) is 139 cm³/mol. The van der Waals surface area contributed by atoms with Gasteiger partial charge in [0.05, 0.1) is 5.56 Å². The highest BCUT2D eigenvalue weighted by Crippen LogP contribution is 2.48. The fraction of sp³-hybridized carbons (Fsp3) is 0.438. The number of hydrogen-bond acceptors (Lipinski definition) is 1. The molecule has 0 heterocycles. The summed E-state index contributed by atoms with van der Waals surface area (Å²) in [6.07, 6.45) is 15.5. The van der Waals surface area contributed by atoms with Gasteiger partial charge in [-0.05, 0) is 105 Å². The maximum atomic E-state index is 15.1. The lowest BCUT2D eigenvalue weighted by Gasteiger charge is -2.42. The lowest BCUT2D eigenvalue weighted by molar-refractivity contribution is 0.114. The summed E-state index contributed by atoms with van der Waals surface area (Å²) in [6, 6.07) is 7.73. The van der Waals surface area contributed by atoms with E-state index in [9.17, 15) is 8.78 Å². The smallest absolute Gasteiger partial charge is 0.201 e. The Kier molecular flexibility index (Phi) is 8.97. The van der Waals surface area contributed by atoms with E-state index in [1.165, 1.54) is 62.8 Å². The van der Waals surface area contributed by atoms with E-state index in [0.29, 0.717) is 11.5 Å². The summed E-state index contributed by atoms with van der Waals surface area (Å²) in [5.41, 5.74) is 1.11. The molecule has 4 unspecified atom stereocenters. The summed E-state index contributed by atoms with van der Waals surface area (Å²) in [5, 5.41) is 0. The van der Waals surface area contributed by atoms with Crippen LogP contribution in [0, 0.1) is 47.0 Å². The normalized spacial score (nSPS) is 23.6. The number of ether oxygens (including phenoxy) is 1. The van der Waals surface area contributed by atoms with Gasteiger partial charge in [-0.25, -0.2) is 8.78 Å². The van der Waals surface area contributed by atoms with E-state index in [4.69, 9.17) is 4.74 Å². The quantitative estimate of drug-likeness (QED) is 0.277. The van der Waals surface area contributed by atoms with Gasteiger partial charge in [-0.1, -0.05) is 49.1 Å². The van der Waals surface area contributed by atoms with Gasteiger partial charge >= 0.3 is 0 Å². The third-order valence-electron chi connectivity index (χ3n) is 7.88. The van der Waals surface area contributed by atoms with Crippen molar-refractivity contribution in [2.75, 3.05) is 6.61 Å². The van der Waals surface area contributed by atoms with Gasteiger partial charge in [-0.3, -0.25) is 0 Å². The van der Waals surface area contributed by atoms with E-state index in [-0.39, 0.29) is 29.7 Å². The summed E-state index contributed by atoms with van der Waals surface area (Å²) in [4.78, 5) is 0. The Morgan fingerprint density at radius 1 is 0.972 bits per heavy atom. The van der Waals surface area contributed by atoms with Crippen molar-refractivity contribution in [3.63, 3.8) is 0 Å². The molecule has 0 spiro atoms. The summed E-state index contributed by atoms with van der Waals surface area (Å²) in [6.45, 7) is 5.64. The molecule has 36 heavy (non-hydrogen) atoms. The highest BCUT2D eigenvalue weighted by molar-refractivity contribution is 5.46. The minimum absolute atomic E-state index is 0.0762. The maximum absolute atomic E-state index is 15.1. The summed E-state index contributed by atoms with van der Waals surface area (Å²) < 4.78 is 48.7. The van der Waals surface area contributed by atoms with Crippen molar-refractivity contribution in [2.45, 2.75) is 64.2 Å². The van der Waals surface area contributed by atoms with Gasteiger partial charge in [-0.2, -0.15) is 4.39 Å². The molecule has 0 saturated heterocycles. The van der Waals surface area contributed by atoms with Gasteiger partial charge in [0.15, 0.2) is 11.6 Å². The third-order valence-corrected chi connectivity index (χ3v) is 7.88. The zero-order valence-corrected chi connectivity index (χ0v) is 21.0. The Hall–Kier alpha value is -2.93. The van der Waals surface area contributed by atoms with Crippen LogP contribution in [0.25, 0.3) is 0 Å². The van der Waals surface area contributed by atoms with Crippen molar-refractivity contribution in [1.82, 2.24) is 0 Å². The fourth-order valence-corrected chi connectivity index (χ4v) is 5.99. The summed E-state index contributed by atoms with van der Waals surface area (Å²) in [5.74, 6) is 5.34. The van der Waals surface area contributed by atoms with Gasteiger partial charge < -0.3 is 4.74 Å². The van der Waals surface area contributed by atoms with Crippen molar-refractivity contribution >= 4 is 0 Å². The van der Waals surface area contributed by atoms with Gasteiger partial charge in [-0.15, -0.1) is 0 Å². The van der Waals surface area contributed by atoms with Crippen LogP contribution in [-0.2, 0) is 0 Å². The zero-order valence-electron chi connectivity index (χ0n) is 21.0. The van der Waals surface area contributed by atoms with Crippen LogP contribution < -0.4 is 4.74 Å². The van der Waals surface area contributed by atoms with E-state index >= 15 is 4.39 Å². The molecule has 0 amide bonds. The average Bonchev–Trinajstić information content (AvgIpc) is 2.89. The van der Waals surface area contributed by atoms with Crippen molar-refractivity contribution in [2.24, 2.45) is 17.8 Å². The maximum Gasteiger partial charge on any atom is 0.201 e. The fourth-order valence-electron chi connectivity index (χ4n) is 5.99. The monoisotopic (exact) mass is 492 g/mol. The van der Waals surface area contributed by atoms with Crippen LogP contribution in [0.1, 0.15) is 80.9 Å². The van der Waals surface area contributed by atoms with Crippen molar-refractivity contribution in [3.05, 3.63) is 89.3 Å². The molecule has 4 atom stereocenters. The van der Waals surface area contributed by atoms with E-state index in [1.54, 1.807) is 6.07 Å². The SMILES string of the molecule is C=CCOc1ccc(C#Cc2ccc(C3CCC4CC(CC/C=C/C)CCC4C3)c(F)c2)c(F)c1F. The first kappa shape index (κ1) is 26.1. The first-order chi connectivity index (χ1) is 17.5. The van der Waals surface area contributed by atoms with Crippen LogP contribution in [0.5, 0.6) is 5.75 Å². The molecule has 190 valence electrons. The molecular formula is C32H35F3O. The highest BCUT2D eigenvalue weighted by atomic mass is 19.2. The Morgan fingerprint density at radius 3 is 2.56 bits per heavy atom. The molecule has 0 radical (unpaired) electrons. The molecule has 0 N–H and O–H groups in total. The standard InChI is InChI=1S/C32H35F3O/c1-3-5-6-7-22-9-12-26-21-27(14-13-25(26)19-22)28-16-10-23(20-29(28)33)8-11-24-15-17-30(36-18-4-2)32(35)31(24)34/h3-5,10,15-17,20,22,25-27H,2,6-7,9,12-14,18-19,21H2,1H3/b5-3+. The minimum atomic E-state index is -1.09. The molecule has 0 aromatic heterocycles. The van der Waals surface area contributed by atoms with Crippen LogP contribution in [0.4, 0.5) is 13.2 Å². The first-order valence-electron chi connectivity index (χ1n) is 13.1. The second kappa shape index (κ2) is 12.3. The average molecular weight is 493 g/mol. The summed E-state index contributed by atoms with van der Waals surface area (Å²) >= 11 is 0. The van der Waals surface area contributed by atoms with Crippen molar-refractivity contribution < 1.29 is 17.9 Å². The second-order valence-electron chi connectivity index (χ2n) is 10.2. The molecule has 0 bridgehead atoms. The molecule has 2 aliphatic carbocycles. The zero-order chi connectivity index (χ0) is 25.5. The predicted octanol–water partition coefficient (Wildman–Crippen LogP) is 8.72. The van der Waals surface area contributed by atoms with Crippen LogP contribution in [0.15, 0.2) is 55.1 Å². The molecule has 2 aromatic rings. The van der Waals surface area contributed by atoms with E-state index in [1.807, 2.05) is 6.07 Å². The molecule has 2 fully saturated rings. The van der Waals surface area contributed by atoms with E-state index in [0.717, 1.165) is 30.2 Å². The van der Waals surface area contributed by atoms with Gasteiger partial charge in [0.1, 0.15) is 12.4 Å². The number of fused-ring (bicyclic) bond motifs is 1. The van der Waals surface area contributed by atoms with Crippen molar-refractivity contribution in [1.29, 1.82) is 0 Å². The van der Waals surface area contributed by atoms with Crippen LogP contribution in [0.3, 0.4) is 0 Å². The number of rotatable bonds is 7. The Bertz CT molecular complexity index is 1160.